The van der Waals surface area contributed by atoms with Crippen LogP contribution in [0, 0.1) is 6.92 Å². The summed E-state index contributed by atoms with van der Waals surface area (Å²) in [5, 5.41) is 8.84. The highest BCUT2D eigenvalue weighted by Crippen LogP contribution is 2.25. The second-order valence-corrected chi connectivity index (χ2v) is 7.39. The minimum absolute atomic E-state index is 0.168. The fourth-order valence-corrected chi connectivity index (χ4v) is 3.40. The lowest BCUT2D eigenvalue weighted by atomic mass is 10.2. The lowest BCUT2D eigenvalue weighted by molar-refractivity contribution is -0.115. The molecule has 2 amide bonds. The van der Waals surface area contributed by atoms with Gasteiger partial charge in [-0.2, -0.15) is 0 Å². The van der Waals surface area contributed by atoms with Gasteiger partial charge in [0, 0.05) is 26.7 Å². The molecule has 5 nitrogen and oxygen atoms in total. The van der Waals surface area contributed by atoms with Crippen LogP contribution in [-0.4, -0.2) is 23.3 Å². The smallest absolute Gasteiger partial charge is 0.271 e. The van der Waals surface area contributed by atoms with Gasteiger partial charge in [-0.3, -0.25) is 9.59 Å². The van der Waals surface area contributed by atoms with Gasteiger partial charge < -0.3 is 10.6 Å². The molecule has 138 valence electrons. The highest BCUT2D eigenvalue weighted by atomic mass is 35.5. The van der Waals surface area contributed by atoms with E-state index in [2.05, 4.69) is 15.6 Å². The fourth-order valence-electron chi connectivity index (χ4n) is 2.29. The van der Waals surface area contributed by atoms with Gasteiger partial charge in [0.2, 0.25) is 5.91 Å². The number of nitrogens with one attached hydrogen (secondary N) is 2. The van der Waals surface area contributed by atoms with E-state index in [1.807, 2.05) is 19.1 Å². The zero-order valence-corrected chi connectivity index (χ0v) is 16.6. The first-order chi connectivity index (χ1) is 12.9. The first-order valence-electron chi connectivity index (χ1n) is 7.98. The molecule has 0 unspecified atom stereocenters. The van der Waals surface area contributed by atoms with E-state index >= 15 is 0 Å². The molecule has 8 heteroatoms. The molecule has 3 aromatic rings. The molecular weight excluding hydrogens is 405 g/mol. The van der Waals surface area contributed by atoms with Crippen molar-refractivity contribution in [1.82, 2.24) is 10.3 Å². The van der Waals surface area contributed by atoms with Gasteiger partial charge in [0.15, 0.2) is 0 Å². The standard InChI is InChI=1S/C19H15Cl2N3O2S/c1-11-14(21)3-2-4-15(11)23-17(25)9-22-18(26)16-10-27-19(24-16)12-5-7-13(20)8-6-12/h2-8,10H,9H2,1H3,(H,22,26)(H,23,25). The van der Waals surface area contributed by atoms with E-state index in [4.69, 9.17) is 23.2 Å². The molecule has 0 bridgehead atoms. The summed E-state index contributed by atoms with van der Waals surface area (Å²) in [4.78, 5) is 28.6. The molecule has 0 atom stereocenters. The summed E-state index contributed by atoms with van der Waals surface area (Å²) >= 11 is 13.3. The lowest BCUT2D eigenvalue weighted by Gasteiger charge is -2.09. The third kappa shape index (κ3) is 4.86. The Morgan fingerprint density at radius 2 is 1.85 bits per heavy atom. The number of aromatic nitrogens is 1. The fraction of sp³-hybridized carbons (Fsp3) is 0.105. The number of nitrogens with zero attached hydrogens (tertiary/aromatic N) is 1. The number of carbonyl (C=O) groups excluding carboxylic acids is 2. The van der Waals surface area contributed by atoms with Crippen LogP contribution in [0.25, 0.3) is 10.6 Å². The summed E-state index contributed by atoms with van der Waals surface area (Å²) in [6.07, 6.45) is 0. The Kier molecular flexibility index (Phi) is 6.11. The summed E-state index contributed by atoms with van der Waals surface area (Å²) in [5.74, 6) is -0.758. The van der Waals surface area contributed by atoms with Gasteiger partial charge in [-0.1, -0.05) is 41.4 Å². The van der Waals surface area contributed by atoms with Crippen LogP contribution in [0.3, 0.4) is 0 Å². The van der Waals surface area contributed by atoms with Crippen molar-refractivity contribution in [2.45, 2.75) is 6.92 Å². The summed E-state index contributed by atoms with van der Waals surface area (Å²) in [7, 11) is 0. The molecule has 0 aliphatic carbocycles. The van der Waals surface area contributed by atoms with Crippen LogP contribution >= 0.6 is 34.5 Å². The maximum absolute atomic E-state index is 12.2. The Morgan fingerprint density at radius 1 is 1.11 bits per heavy atom. The monoisotopic (exact) mass is 419 g/mol. The molecule has 0 saturated heterocycles. The van der Waals surface area contributed by atoms with E-state index in [-0.39, 0.29) is 18.1 Å². The lowest BCUT2D eigenvalue weighted by Crippen LogP contribution is -2.33. The van der Waals surface area contributed by atoms with Gasteiger partial charge in [0.25, 0.3) is 5.91 Å². The maximum atomic E-state index is 12.2. The van der Waals surface area contributed by atoms with Gasteiger partial charge in [0.1, 0.15) is 10.7 Å². The largest absolute Gasteiger partial charge is 0.342 e. The molecule has 27 heavy (non-hydrogen) atoms. The first kappa shape index (κ1) is 19.4. The topological polar surface area (TPSA) is 71.1 Å². The molecule has 2 aromatic carbocycles. The Bertz CT molecular complexity index is 987. The molecule has 1 aromatic heterocycles. The Balaban J connectivity index is 1.58. The molecule has 0 fully saturated rings. The molecule has 0 aliphatic rings. The highest BCUT2D eigenvalue weighted by molar-refractivity contribution is 7.13. The van der Waals surface area contributed by atoms with Gasteiger partial charge in [-0.15, -0.1) is 11.3 Å². The average molecular weight is 420 g/mol. The van der Waals surface area contributed by atoms with Crippen molar-refractivity contribution in [3.63, 3.8) is 0 Å². The zero-order chi connectivity index (χ0) is 19.4. The number of thiazole rings is 1. The van der Waals surface area contributed by atoms with Crippen molar-refractivity contribution in [2.75, 3.05) is 11.9 Å². The summed E-state index contributed by atoms with van der Waals surface area (Å²) in [6, 6.07) is 12.4. The second kappa shape index (κ2) is 8.52. The van der Waals surface area contributed by atoms with E-state index in [1.165, 1.54) is 11.3 Å². The predicted molar refractivity (Wildman–Crippen MR) is 110 cm³/mol. The minimum Gasteiger partial charge on any atom is -0.342 e. The number of hydrogen-bond acceptors (Lipinski definition) is 4. The number of anilines is 1. The van der Waals surface area contributed by atoms with Crippen LogP contribution in [0.15, 0.2) is 47.8 Å². The van der Waals surface area contributed by atoms with Crippen molar-refractivity contribution >= 4 is 52.0 Å². The average Bonchev–Trinajstić information content (AvgIpc) is 3.14. The molecule has 0 saturated carbocycles. The van der Waals surface area contributed by atoms with E-state index in [0.717, 1.165) is 11.1 Å². The van der Waals surface area contributed by atoms with E-state index in [0.29, 0.717) is 20.7 Å². The number of hydrogen-bond donors (Lipinski definition) is 2. The summed E-state index contributed by atoms with van der Waals surface area (Å²) < 4.78 is 0. The number of carbonyl (C=O) groups is 2. The van der Waals surface area contributed by atoms with Crippen LogP contribution in [0.4, 0.5) is 5.69 Å². The van der Waals surface area contributed by atoms with Crippen molar-refractivity contribution < 1.29 is 9.59 Å². The highest BCUT2D eigenvalue weighted by Gasteiger charge is 2.14. The van der Waals surface area contributed by atoms with E-state index < -0.39 is 5.91 Å². The summed E-state index contributed by atoms with van der Waals surface area (Å²) in [5.41, 5.74) is 2.51. The van der Waals surface area contributed by atoms with Crippen LogP contribution in [-0.2, 0) is 4.79 Å². The number of halogens is 2. The second-order valence-electron chi connectivity index (χ2n) is 5.69. The predicted octanol–water partition coefficient (Wildman–Crippen LogP) is 4.79. The summed E-state index contributed by atoms with van der Waals surface area (Å²) in [6.45, 7) is 1.64. The minimum atomic E-state index is -0.413. The third-order valence-electron chi connectivity index (χ3n) is 3.78. The quantitative estimate of drug-likeness (QED) is 0.623. The van der Waals surface area contributed by atoms with E-state index in [9.17, 15) is 9.59 Å². The Hall–Kier alpha value is -2.41. The van der Waals surface area contributed by atoms with Gasteiger partial charge in [0.05, 0.1) is 6.54 Å². The Labute approximate surface area is 170 Å². The van der Waals surface area contributed by atoms with Crippen LogP contribution in [0.1, 0.15) is 16.1 Å². The number of amides is 2. The normalized spacial score (nSPS) is 10.5. The molecule has 1 heterocycles. The zero-order valence-electron chi connectivity index (χ0n) is 14.3. The first-order valence-corrected chi connectivity index (χ1v) is 9.62. The molecule has 0 aliphatic heterocycles. The SMILES string of the molecule is Cc1c(Cl)cccc1NC(=O)CNC(=O)c1csc(-c2ccc(Cl)cc2)n1. The van der Waals surface area contributed by atoms with Crippen molar-refractivity contribution in [3.05, 3.63) is 69.1 Å². The maximum Gasteiger partial charge on any atom is 0.271 e. The molecule has 2 N–H and O–H groups in total. The van der Waals surface area contributed by atoms with Crippen molar-refractivity contribution in [2.24, 2.45) is 0 Å². The number of benzene rings is 2. The van der Waals surface area contributed by atoms with E-state index in [1.54, 1.807) is 35.7 Å². The van der Waals surface area contributed by atoms with Crippen molar-refractivity contribution in [3.8, 4) is 10.6 Å². The van der Waals surface area contributed by atoms with Crippen molar-refractivity contribution in [1.29, 1.82) is 0 Å². The van der Waals surface area contributed by atoms with Gasteiger partial charge >= 0.3 is 0 Å². The molecule has 0 radical (unpaired) electrons. The molecule has 3 rings (SSSR count). The molecule has 0 spiro atoms. The van der Waals surface area contributed by atoms with Crippen LogP contribution in [0.5, 0.6) is 0 Å². The Morgan fingerprint density at radius 3 is 2.59 bits per heavy atom. The van der Waals surface area contributed by atoms with Gasteiger partial charge in [-0.25, -0.2) is 4.98 Å². The molecular formula is C19H15Cl2N3O2S. The van der Waals surface area contributed by atoms with Crippen LogP contribution in [0.2, 0.25) is 10.0 Å². The third-order valence-corrected chi connectivity index (χ3v) is 5.33. The number of rotatable bonds is 5. The van der Waals surface area contributed by atoms with Crippen LogP contribution < -0.4 is 10.6 Å². The van der Waals surface area contributed by atoms with Gasteiger partial charge in [-0.05, 0) is 36.8 Å².